The van der Waals surface area contributed by atoms with E-state index in [2.05, 4.69) is 5.32 Å². The molecule has 1 aromatic rings. The topological polar surface area (TPSA) is 69.7 Å². The number of benzene rings is 1. The van der Waals surface area contributed by atoms with Gasteiger partial charge in [0.05, 0.1) is 6.54 Å². The van der Waals surface area contributed by atoms with E-state index in [0.29, 0.717) is 10.6 Å². The third-order valence-electron chi connectivity index (χ3n) is 3.03. The van der Waals surface area contributed by atoms with Crippen LogP contribution in [-0.4, -0.2) is 61.8 Å². The lowest BCUT2D eigenvalue weighted by Crippen LogP contribution is -2.39. The molecule has 0 unspecified atom stereocenters. The summed E-state index contributed by atoms with van der Waals surface area (Å²) in [4.78, 5) is 38.0. The first-order valence-corrected chi connectivity index (χ1v) is 7.17. The van der Waals surface area contributed by atoms with Crippen molar-refractivity contribution in [2.75, 3.05) is 34.2 Å². The Balaban J connectivity index is 2.37. The van der Waals surface area contributed by atoms with Crippen molar-refractivity contribution in [1.82, 2.24) is 15.1 Å². The predicted molar refractivity (Wildman–Crippen MR) is 84.7 cm³/mol. The van der Waals surface area contributed by atoms with Crippen LogP contribution in [0.1, 0.15) is 16.8 Å². The molecule has 0 aromatic heterocycles. The zero-order valence-electron chi connectivity index (χ0n) is 12.9. The molecule has 0 aliphatic heterocycles. The van der Waals surface area contributed by atoms with Gasteiger partial charge in [0.2, 0.25) is 11.8 Å². The van der Waals surface area contributed by atoms with Gasteiger partial charge in [-0.3, -0.25) is 14.4 Å². The second kappa shape index (κ2) is 8.38. The van der Waals surface area contributed by atoms with E-state index in [0.717, 1.165) is 0 Å². The summed E-state index contributed by atoms with van der Waals surface area (Å²) < 4.78 is 0. The van der Waals surface area contributed by atoms with E-state index in [1.165, 1.54) is 9.80 Å². The van der Waals surface area contributed by atoms with Gasteiger partial charge in [0, 0.05) is 44.7 Å². The minimum absolute atomic E-state index is 0.0248. The van der Waals surface area contributed by atoms with Crippen molar-refractivity contribution >= 4 is 29.3 Å². The van der Waals surface area contributed by atoms with Crippen LogP contribution in [0.25, 0.3) is 0 Å². The fraction of sp³-hybridized carbons (Fsp3) is 0.400. The first-order chi connectivity index (χ1) is 10.3. The number of rotatable bonds is 6. The lowest BCUT2D eigenvalue weighted by Gasteiger charge is -2.19. The highest BCUT2D eigenvalue weighted by molar-refractivity contribution is 6.30. The first-order valence-electron chi connectivity index (χ1n) is 6.79. The molecule has 120 valence electrons. The van der Waals surface area contributed by atoms with Crippen LogP contribution in [0.3, 0.4) is 0 Å². The van der Waals surface area contributed by atoms with Gasteiger partial charge in [-0.05, 0) is 24.3 Å². The smallest absolute Gasteiger partial charge is 0.251 e. The maximum absolute atomic E-state index is 11.9. The number of carbonyl (C=O) groups is 3. The Hall–Kier alpha value is -2.08. The van der Waals surface area contributed by atoms with Crippen molar-refractivity contribution in [1.29, 1.82) is 0 Å². The van der Waals surface area contributed by atoms with Crippen LogP contribution in [-0.2, 0) is 9.59 Å². The number of hydrogen-bond donors (Lipinski definition) is 1. The molecule has 0 aliphatic rings. The maximum atomic E-state index is 11.9. The zero-order valence-corrected chi connectivity index (χ0v) is 13.7. The van der Waals surface area contributed by atoms with Gasteiger partial charge in [0.25, 0.3) is 5.91 Å². The molecular weight excluding hydrogens is 306 g/mol. The molecule has 0 bridgehead atoms. The molecule has 0 saturated carbocycles. The molecule has 6 nitrogen and oxygen atoms in total. The Morgan fingerprint density at radius 1 is 1.05 bits per heavy atom. The van der Waals surface area contributed by atoms with E-state index in [9.17, 15) is 14.4 Å². The van der Waals surface area contributed by atoms with E-state index in [-0.39, 0.29) is 37.2 Å². The second-order valence-electron chi connectivity index (χ2n) is 5.05. The van der Waals surface area contributed by atoms with E-state index in [1.807, 2.05) is 0 Å². The summed E-state index contributed by atoms with van der Waals surface area (Å²) in [6.45, 7) is 0.234. The van der Waals surface area contributed by atoms with Gasteiger partial charge in [-0.15, -0.1) is 0 Å². The van der Waals surface area contributed by atoms with Crippen LogP contribution in [0.4, 0.5) is 0 Å². The number of amides is 3. The lowest BCUT2D eigenvalue weighted by molar-refractivity contribution is -0.137. The highest BCUT2D eigenvalue weighted by Crippen LogP contribution is 2.09. The van der Waals surface area contributed by atoms with Gasteiger partial charge in [-0.2, -0.15) is 0 Å². The van der Waals surface area contributed by atoms with Crippen molar-refractivity contribution in [2.24, 2.45) is 0 Å². The van der Waals surface area contributed by atoms with Gasteiger partial charge in [-0.1, -0.05) is 11.6 Å². The molecule has 0 radical (unpaired) electrons. The van der Waals surface area contributed by atoms with Crippen molar-refractivity contribution in [3.05, 3.63) is 34.9 Å². The standard InChI is InChI=1S/C15H20ClN3O3/c1-18(2)14(21)10-19(3)13(20)8-9-17-15(22)11-4-6-12(16)7-5-11/h4-7H,8-10H2,1-3H3,(H,17,22). The fourth-order valence-corrected chi connectivity index (χ4v) is 1.74. The molecule has 0 fully saturated rings. The number of halogens is 1. The number of hydrogen-bond acceptors (Lipinski definition) is 3. The largest absolute Gasteiger partial charge is 0.352 e. The molecule has 1 rings (SSSR count). The quantitative estimate of drug-likeness (QED) is 0.848. The molecule has 1 aromatic carbocycles. The molecule has 7 heteroatoms. The minimum Gasteiger partial charge on any atom is -0.352 e. The summed E-state index contributed by atoms with van der Waals surface area (Å²) in [6.07, 6.45) is 0.135. The molecule has 0 heterocycles. The Kier molecular flexibility index (Phi) is 6.85. The highest BCUT2D eigenvalue weighted by Gasteiger charge is 2.14. The van der Waals surface area contributed by atoms with Gasteiger partial charge in [0.15, 0.2) is 0 Å². The van der Waals surface area contributed by atoms with E-state index in [4.69, 9.17) is 11.6 Å². The monoisotopic (exact) mass is 325 g/mol. The Morgan fingerprint density at radius 2 is 1.64 bits per heavy atom. The summed E-state index contributed by atoms with van der Waals surface area (Å²) in [5, 5.41) is 3.21. The van der Waals surface area contributed by atoms with Crippen molar-refractivity contribution < 1.29 is 14.4 Å². The third kappa shape index (κ3) is 5.73. The average molecular weight is 326 g/mol. The number of nitrogens with one attached hydrogen (secondary N) is 1. The Labute approximate surface area is 135 Å². The highest BCUT2D eigenvalue weighted by atomic mass is 35.5. The summed E-state index contributed by atoms with van der Waals surface area (Å²) in [6, 6.07) is 6.48. The summed E-state index contributed by atoms with van der Waals surface area (Å²) >= 11 is 5.75. The molecule has 22 heavy (non-hydrogen) atoms. The summed E-state index contributed by atoms with van der Waals surface area (Å²) in [5.41, 5.74) is 0.480. The van der Waals surface area contributed by atoms with Crippen LogP contribution in [0, 0.1) is 0 Å². The molecule has 1 N–H and O–H groups in total. The van der Waals surface area contributed by atoms with E-state index >= 15 is 0 Å². The first kappa shape index (κ1) is 18.0. The molecule has 0 spiro atoms. The Morgan fingerprint density at radius 3 is 2.18 bits per heavy atom. The molecular formula is C15H20ClN3O3. The van der Waals surface area contributed by atoms with Gasteiger partial charge >= 0.3 is 0 Å². The van der Waals surface area contributed by atoms with Crippen molar-refractivity contribution in [3.63, 3.8) is 0 Å². The van der Waals surface area contributed by atoms with E-state index < -0.39 is 0 Å². The molecule has 0 aliphatic carbocycles. The van der Waals surface area contributed by atoms with Crippen LogP contribution >= 0.6 is 11.6 Å². The summed E-state index contributed by atoms with van der Waals surface area (Å²) in [7, 11) is 4.82. The third-order valence-corrected chi connectivity index (χ3v) is 3.28. The van der Waals surface area contributed by atoms with Crippen LogP contribution < -0.4 is 5.32 Å². The van der Waals surface area contributed by atoms with Crippen LogP contribution in [0.5, 0.6) is 0 Å². The molecule has 0 saturated heterocycles. The van der Waals surface area contributed by atoms with E-state index in [1.54, 1.807) is 45.4 Å². The van der Waals surface area contributed by atoms with Crippen LogP contribution in [0.15, 0.2) is 24.3 Å². The number of likely N-dealkylation sites (N-methyl/N-ethyl adjacent to an activating group) is 2. The SMILES string of the molecule is CN(C)C(=O)CN(C)C(=O)CCNC(=O)c1ccc(Cl)cc1. The average Bonchev–Trinajstić information content (AvgIpc) is 2.47. The van der Waals surface area contributed by atoms with Crippen LogP contribution in [0.2, 0.25) is 5.02 Å². The van der Waals surface area contributed by atoms with Gasteiger partial charge < -0.3 is 15.1 Å². The Bertz CT molecular complexity index is 543. The van der Waals surface area contributed by atoms with Crippen molar-refractivity contribution in [2.45, 2.75) is 6.42 Å². The normalized spacial score (nSPS) is 10.0. The molecule has 0 atom stereocenters. The lowest BCUT2D eigenvalue weighted by atomic mass is 10.2. The maximum Gasteiger partial charge on any atom is 0.251 e. The van der Waals surface area contributed by atoms with Crippen molar-refractivity contribution in [3.8, 4) is 0 Å². The number of nitrogens with zero attached hydrogens (tertiary/aromatic N) is 2. The molecule has 3 amide bonds. The second-order valence-corrected chi connectivity index (χ2v) is 5.49. The zero-order chi connectivity index (χ0) is 16.7. The summed E-state index contributed by atoms with van der Waals surface area (Å²) in [5.74, 6) is -0.621. The fourth-order valence-electron chi connectivity index (χ4n) is 1.61. The minimum atomic E-state index is -0.267. The van der Waals surface area contributed by atoms with Gasteiger partial charge in [-0.25, -0.2) is 0 Å². The predicted octanol–water partition coefficient (Wildman–Crippen LogP) is 1.01. The van der Waals surface area contributed by atoms with Gasteiger partial charge in [0.1, 0.15) is 0 Å². The number of carbonyl (C=O) groups excluding carboxylic acids is 3.